The molecule has 0 N–H and O–H groups in total. The van der Waals surface area contributed by atoms with Crippen LogP contribution >= 0.6 is 0 Å². The van der Waals surface area contributed by atoms with Gasteiger partial charge < -0.3 is 14.0 Å². The summed E-state index contributed by atoms with van der Waals surface area (Å²) < 4.78 is 34.6. The topological polar surface area (TPSA) is 124 Å². The molecule has 1 fully saturated rings. The highest BCUT2D eigenvalue weighted by Crippen LogP contribution is 2.18. The number of piperazine rings is 1. The lowest BCUT2D eigenvalue weighted by Crippen LogP contribution is -2.50. The zero-order valence-electron chi connectivity index (χ0n) is 19.5. The van der Waals surface area contributed by atoms with E-state index in [4.69, 9.17) is 4.52 Å². The van der Waals surface area contributed by atoms with Crippen molar-refractivity contribution in [1.82, 2.24) is 28.5 Å². The Hall–Kier alpha value is -3.09. The van der Waals surface area contributed by atoms with Crippen molar-refractivity contribution in [3.8, 4) is 11.4 Å². The van der Waals surface area contributed by atoms with Gasteiger partial charge >= 0.3 is 5.69 Å². The van der Waals surface area contributed by atoms with Gasteiger partial charge in [-0.2, -0.15) is 9.29 Å². The van der Waals surface area contributed by atoms with E-state index in [-0.39, 0.29) is 18.0 Å². The zero-order chi connectivity index (χ0) is 24.5. The largest absolute Gasteiger partial charge is 0.339 e. The number of aryl methyl sites for hydroxylation is 3. The second-order valence-corrected chi connectivity index (χ2v) is 10.4. The van der Waals surface area contributed by atoms with E-state index < -0.39 is 21.3 Å². The first-order valence-electron chi connectivity index (χ1n) is 11.1. The minimum absolute atomic E-state index is 0.270. The summed E-state index contributed by atoms with van der Waals surface area (Å²) >= 11 is 0. The molecule has 4 rings (SSSR count). The molecule has 11 nitrogen and oxygen atoms in total. The number of nitrogens with zero attached hydrogens (tertiary/aromatic N) is 6. The smallest absolute Gasteiger partial charge is 0.330 e. The van der Waals surface area contributed by atoms with Crippen molar-refractivity contribution in [3.63, 3.8) is 0 Å². The quantitative estimate of drug-likeness (QED) is 0.468. The third kappa shape index (κ3) is 4.88. The minimum atomic E-state index is -3.99. The van der Waals surface area contributed by atoms with Crippen molar-refractivity contribution >= 4 is 10.0 Å². The first kappa shape index (κ1) is 24.0. The van der Waals surface area contributed by atoms with E-state index in [0.717, 1.165) is 39.4 Å². The van der Waals surface area contributed by atoms with E-state index in [1.165, 1.54) is 18.4 Å². The molecule has 0 spiro atoms. The summed E-state index contributed by atoms with van der Waals surface area (Å²) in [6.07, 6.45) is 2.52. The molecule has 3 heterocycles. The SMILES string of the molecule is Cc1ccc(-c2noc(CCCN3CCN(S(=O)(=O)c4cn(C)c(=O)n(C)c4=O)CC3)n2)cc1. The highest BCUT2D eigenvalue weighted by molar-refractivity contribution is 7.89. The lowest BCUT2D eigenvalue weighted by atomic mass is 10.1. The van der Waals surface area contributed by atoms with Gasteiger partial charge in [0.1, 0.15) is 0 Å². The van der Waals surface area contributed by atoms with Crippen LogP contribution in [0.3, 0.4) is 0 Å². The van der Waals surface area contributed by atoms with Crippen molar-refractivity contribution in [2.45, 2.75) is 24.7 Å². The molecule has 1 aliphatic rings. The van der Waals surface area contributed by atoms with Gasteiger partial charge in [0.2, 0.25) is 21.7 Å². The van der Waals surface area contributed by atoms with Crippen molar-refractivity contribution in [2.24, 2.45) is 14.1 Å². The van der Waals surface area contributed by atoms with Gasteiger partial charge in [-0.15, -0.1) is 0 Å². The van der Waals surface area contributed by atoms with Gasteiger partial charge in [-0.25, -0.2) is 13.2 Å². The Bertz CT molecular complexity index is 1380. The van der Waals surface area contributed by atoms with Crippen LogP contribution in [-0.2, 0) is 30.5 Å². The fraction of sp³-hybridized carbons (Fsp3) is 0.455. The summed E-state index contributed by atoms with van der Waals surface area (Å²) in [5.41, 5.74) is 0.694. The maximum absolute atomic E-state index is 13.0. The molecule has 34 heavy (non-hydrogen) atoms. The molecule has 0 unspecified atom stereocenters. The predicted molar refractivity (Wildman–Crippen MR) is 125 cm³/mol. The summed E-state index contributed by atoms with van der Waals surface area (Å²) in [5.74, 6) is 1.14. The normalized spacial score (nSPS) is 15.6. The molecule has 1 aromatic carbocycles. The Balaban J connectivity index is 1.31. The molecule has 0 bridgehead atoms. The summed E-state index contributed by atoms with van der Waals surface area (Å²) in [4.78, 5) is 30.5. The molecule has 0 aliphatic carbocycles. The third-order valence-electron chi connectivity index (χ3n) is 6.01. The molecule has 3 aromatic rings. The van der Waals surface area contributed by atoms with Gasteiger partial charge in [0.15, 0.2) is 4.90 Å². The molecular formula is C22H28N6O5S. The maximum atomic E-state index is 13.0. The van der Waals surface area contributed by atoms with Crippen LogP contribution < -0.4 is 11.2 Å². The van der Waals surface area contributed by atoms with Crippen LogP contribution in [0.5, 0.6) is 0 Å². The number of benzene rings is 1. The summed E-state index contributed by atoms with van der Waals surface area (Å²) in [6, 6.07) is 7.93. The molecule has 0 radical (unpaired) electrons. The fourth-order valence-electron chi connectivity index (χ4n) is 3.91. The first-order chi connectivity index (χ1) is 16.2. The lowest BCUT2D eigenvalue weighted by Gasteiger charge is -2.33. The average molecular weight is 489 g/mol. The Labute approximate surface area is 197 Å². The lowest BCUT2D eigenvalue weighted by molar-refractivity contribution is 0.185. The second kappa shape index (κ2) is 9.65. The van der Waals surface area contributed by atoms with Crippen LogP contribution in [0.25, 0.3) is 11.4 Å². The van der Waals surface area contributed by atoms with Crippen LogP contribution in [-0.4, -0.2) is 69.6 Å². The Morgan fingerprint density at radius 2 is 1.71 bits per heavy atom. The minimum Gasteiger partial charge on any atom is -0.339 e. The number of aromatic nitrogens is 4. The van der Waals surface area contributed by atoms with Gasteiger partial charge in [-0.3, -0.25) is 9.36 Å². The molecule has 0 amide bonds. The number of hydrogen-bond donors (Lipinski definition) is 0. The second-order valence-electron chi connectivity index (χ2n) is 8.48. The molecule has 2 aromatic heterocycles. The monoisotopic (exact) mass is 488 g/mol. The Kier molecular flexibility index (Phi) is 6.82. The summed E-state index contributed by atoms with van der Waals surface area (Å²) in [5, 5.41) is 4.05. The van der Waals surface area contributed by atoms with E-state index in [2.05, 4.69) is 15.0 Å². The molecular weight excluding hydrogens is 460 g/mol. The Morgan fingerprint density at radius 3 is 2.38 bits per heavy atom. The van der Waals surface area contributed by atoms with Gasteiger partial charge in [-0.05, 0) is 19.9 Å². The van der Waals surface area contributed by atoms with Crippen LogP contribution in [0, 0.1) is 6.92 Å². The molecule has 0 atom stereocenters. The number of rotatable bonds is 7. The molecule has 12 heteroatoms. The highest BCUT2D eigenvalue weighted by atomic mass is 32.2. The first-order valence-corrected chi connectivity index (χ1v) is 12.5. The Morgan fingerprint density at radius 1 is 1.03 bits per heavy atom. The zero-order valence-corrected chi connectivity index (χ0v) is 20.3. The molecule has 1 saturated heterocycles. The standard InChI is InChI=1S/C22H28N6O5S/c1-16-6-8-17(9-7-16)20-23-19(33-24-20)5-4-10-27-11-13-28(14-12-27)34(31,32)18-15-25(2)22(30)26(3)21(18)29/h6-9,15H,4-5,10-14H2,1-3H3. The van der Waals surface area contributed by atoms with Crippen molar-refractivity contribution in [1.29, 1.82) is 0 Å². The van der Waals surface area contributed by atoms with Crippen molar-refractivity contribution in [2.75, 3.05) is 32.7 Å². The van der Waals surface area contributed by atoms with E-state index >= 15 is 0 Å². The van der Waals surface area contributed by atoms with Gasteiger partial charge in [-0.1, -0.05) is 35.0 Å². The fourth-order valence-corrected chi connectivity index (χ4v) is 5.49. The van der Waals surface area contributed by atoms with Crippen molar-refractivity contribution in [3.05, 3.63) is 62.8 Å². The number of hydrogen-bond acceptors (Lipinski definition) is 8. The van der Waals surface area contributed by atoms with E-state index in [1.807, 2.05) is 31.2 Å². The van der Waals surface area contributed by atoms with Gasteiger partial charge in [0.25, 0.3) is 5.56 Å². The van der Waals surface area contributed by atoms with Gasteiger partial charge in [0, 0.05) is 58.5 Å². The van der Waals surface area contributed by atoms with E-state index in [0.29, 0.717) is 31.2 Å². The molecule has 0 saturated carbocycles. The number of sulfonamides is 1. The highest BCUT2D eigenvalue weighted by Gasteiger charge is 2.31. The average Bonchev–Trinajstić information content (AvgIpc) is 3.29. The van der Waals surface area contributed by atoms with E-state index in [9.17, 15) is 18.0 Å². The molecule has 1 aliphatic heterocycles. The third-order valence-corrected chi connectivity index (χ3v) is 7.89. The van der Waals surface area contributed by atoms with Crippen LogP contribution in [0.2, 0.25) is 0 Å². The van der Waals surface area contributed by atoms with Crippen LogP contribution in [0.1, 0.15) is 17.9 Å². The summed E-state index contributed by atoms with van der Waals surface area (Å²) in [6.45, 7) is 4.41. The van der Waals surface area contributed by atoms with E-state index in [1.54, 1.807) is 0 Å². The van der Waals surface area contributed by atoms with Crippen LogP contribution in [0.4, 0.5) is 0 Å². The van der Waals surface area contributed by atoms with Gasteiger partial charge in [0.05, 0.1) is 0 Å². The van der Waals surface area contributed by atoms with Crippen molar-refractivity contribution < 1.29 is 12.9 Å². The van der Waals surface area contributed by atoms with Crippen LogP contribution in [0.15, 0.2) is 49.5 Å². The summed E-state index contributed by atoms with van der Waals surface area (Å²) in [7, 11) is -1.29. The molecule has 182 valence electrons. The predicted octanol–water partition coefficient (Wildman–Crippen LogP) is 0.382. The maximum Gasteiger partial charge on any atom is 0.330 e.